The maximum atomic E-state index is 13.2. The Bertz CT molecular complexity index is 491. The molecule has 0 fully saturated rings. The molecule has 1 rings (SSSR count). The van der Waals surface area contributed by atoms with Crippen LogP contribution in [-0.2, 0) is 9.84 Å². The number of benzene rings is 1. The largest absolute Gasteiger partial charge is 0.397 e. The molecule has 0 aliphatic rings. The van der Waals surface area contributed by atoms with Gasteiger partial charge in [-0.2, -0.15) is 0 Å². The summed E-state index contributed by atoms with van der Waals surface area (Å²) in [6.45, 7) is 0.211. The van der Waals surface area contributed by atoms with Crippen molar-refractivity contribution >= 4 is 43.8 Å². The third kappa shape index (κ3) is 4.12. The summed E-state index contributed by atoms with van der Waals surface area (Å²) in [5.41, 5.74) is 6.48. The van der Waals surface area contributed by atoms with Crippen LogP contribution in [0.4, 0.5) is 15.8 Å². The van der Waals surface area contributed by atoms with Crippen LogP contribution in [0.1, 0.15) is 0 Å². The number of nitrogens with two attached hydrogens (primary N) is 1. The zero-order valence-electron chi connectivity index (χ0n) is 8.63. The molecule has 1 aromatic rings. The Morgan fingerprint density at radius 1 is 1.50 bits per heavy atom. The van der Waals surface area contributed by atoms with Crippen molar-refractivity contribution in [3.05, 3.63) is 21.5 Å². The molecule has 4 nitrogen and oxygen atoms in total. The molecule has 0 radical (unpaired) electrons. The Labute approximate surface area is 107 Å². The average Bonchev–Trinajstić information content (AvgIpc) is 2.11. The molecule has 0 amide bonds. The molecule has 0 saturated heterocycles. The van der Waals surface area contributed by atoms with E-state index in [1.807, 2.05) is 22.6 Å². The Hall–Kier alpha value is -0.570. The van der Waals surface area contributed by atoms with Crippen LogP contribution in [-0.4, -0.2) is 27.0 Å². The molecule has 0 aromatic heterocycles. The molecule has 16 heavy (non-hydrogen) atoms. The van der Waals surface area contributed by atoms with Crippen LogP contribution < -0.4 is 11.1 Å². The summed E-state index contributed by atoms with van der Waals surface area (Å²) in [7, 11) is -3.02. The first-order valence-corrected chi connectivity index (χ1v) is 7.59. The monoisotopic (exact) mass is 358 g/mol. The highest BCUT2D eigenvalue weighted by Gasteiger charge is 2.07. The molecule has 0 aliphatic heterocycles. The van der Waals surface area contributed by atoms with E-state index in [-0.39, 0.29) is 18.1 Å². The van der Waals surface area contributed by atoms with Gasteiger partial charge >= 0.3 is 0 Å². The van der Waals surface area contributed by atoms with Gasteiger partial charge in [0.25, 0.3) is 0 Å². The molecule has 0 spiro atoms. The summed E-state index contributed by atoms with van der Waals surface area (Å²) in [4.78, 5) is 0. The summed E-state index contributed by atoms with van der Waals surface area (Å²) < 4.78 is 35.4. The van der Waals surface area contributed by atoms with Gasteiger partial charge in [-0.1, -0.05) is 0 Å². The minimum atomic E-state index is -3.02. The van der Waals surface area contributed by atoms with Gasteiger partial charge < -0.3 is 11.1 Å². The number of rotatable bonds is 4. The quantitative estimate of drug-likeness (QED) is 0.632. The van der Waals surface area contributed by atoms with Crippen molar-refractivity contribution in [2.24, 2.45) is 0 Å². The van der Waals surface area contributed by atoms with Crippen LogP contribution in [0.3, 0.4) is 0 Å². The van der Waals surface area contributed by atoms with E-state index >= 15 is 0 Å². The van der Waals surface area contributed by atoms with Crippen molar-refractivity contribution in [3.8, 4) is 0 Å². The lowest BCUT2D eigenvalue weighted by Gasteiger charge is -2.09. The van der Waals surface area contributed by atoms with Crippen molar-refractivity contribution in [1.82, 2.24) is 0 Å². The van der Waals surface area contributed by atoms with Gasteiger partial charge in [-0.25, -0.2) is 12.8 Å². The minimum Gasteiger partial charge on any atom is -0.397 e. The van der Waals surface area contributed by atoms with Gasteiger partial charge in [0.1, 0.15) is 15.7 Å². The van der Waals surface area contributed by atoms with E-state index in [4.69, 9.17) is 5.73 Å². The van der Waals surface area contributed by atoms with Crippen molar-refractivity contribution in [1.29, 1.82) is 0 Å². The Morgan fingerprint density at radius 2 is 2.12 bits per heavy atom. The topological polar surface area (TPSA) is 72.2 Å². The molecular weight excluding hydrogens is 346 g/mol. The summed E-state index contributed by atoms with van der Waals surface area (Å²) >= 11 is 1.84. The van der Waals surface area contributed by atoms with Crippen molar-refractivity contribution in [2.45, 2.75) is 0 Å². The summed E-state index contributed by atoms with van der Waals surface area (Å²) in [5, 5.41) is 2.79. The summed E-state index contributed by atoms with van der Waals surface area (Å²) in [6, 6.07) is 2.76. The predicted octanol–water partition coefficient (Wildman–Crippen LogP) is 1.47. The minimum absolute atomic E-state index is 0.0138. The van der Waals surface area contributed by atoms with Crippen LogP contribution >= 0.6 is 22.6 Å². The van der Waals surface area contributed by atoms with Crippen molar-refractivity contribution in [3.63, 3.8) is 0 Å². The van der Waals surface area contributed by atoms with Gasteiger partial charge in [0.05, 0.1) is 20.7 Å². The molecule has 1 aromatic carbocycles. The molecule has 3 N–H and O–H groups in total. The third-order valence-corrected chi connectivity index (χ3v) is 3.65. The molecular formula is C9H12FIN2O2S. The molecule has 0 saturated carbocycles. The number of hydrogen-bond acceptors (Lipinski definition) is 4. The van der Waals surface area contributed by atoms with Crippen molar-refractivity contribution in [2.75, 3.05) is 29.6 Å². The standard InChI is InChI=1S/C9H12FIN2O2S/c1-16(14,15)3-2-13-9-4-6(10)7(11)5-8(9)12/h4-5,13H,2-3,12H2,1H3. The van der Waals surface area contributed by atoms with E-state index in [9.17, 15) is 12.8 Å². The van der Waals surface area contributed by atoms with Gasteiger partial charge in [-0.05, 0) is 28.7 Å². The number of anilines is 2. The number of sulfone groups is 1. The van der Waals surface area contributed by atoms with E-state index in [2.05, 4.69) is 5.32 Å². The maximum Gasteiger partial charge on any atom is 0.149 e. The fourth-order valence-corrected chi connectivity index (χ4v) is 2.05. The van der Waals surface area contributed by atoms with Crippen LogP contribution in [0.15, 0.2) is 12.1 Å². The van der Waals surface area contributed by atoms with E-state index in [0.717, 1.165) is 6.26 Å². The lowest BCUT2D eigenvalue weighted by atomic mass is 10.2. The molecule has 0 heterocycles. The van der Waals surface area contributed by atoms with Gasteiger partial charge in [0, 0.05) is 18.9 Å². The first kappa shape index (κ1) is 13.5. The first-order valence-electron chi connectivity index (χ1n) is 4.46. The fourth-order valence-electron chi connectivity index (χ4n) is 1.09. The summed E-state index contributed by atoms with van der Waals surface area (Å²) in [5.74, 6) is -0.392. The molecule has 0 atom stereocenters. The maximum absolute atomic E-state index is 13.2. The van der Waals surface area contributed by atoms with E-state index in [0.29, 0.717) is 14.9 Å². The predicted molar refractivity (Wildman–Crippen MR) is 71.7 cm³/mol. The Balaban J connectivity index is 2.71. The Kier molecular flexibility index (Phi) is 4.36. The lowest BCUT2D eigenvalue weighted by molar-refractivity contribution is 0.602. The molecule has 0 unspecified atom stereocenters. The van der Waals surface area contributed by atoms with Crippen LogP contribution in [0.25, 0.3) is 0 Å². The molecule has 90 valence electrons. The van der Waals surface area contributed by atoms with E-state index < -0.39 is 9.84 Å². The van der Waals surface area contributed by atoms with Crippen LogP contribution in [0.5, 0.6) is 0 Å². The van der Waals surface area contributed by atoms with Crippen LogP contribution in [0.2, 0.25) is 0 Å². The molecule has 0 aliphatic carbocycles. The highest BCUT2D eigenvalue weighted by atomic mass is 127. The van der Waals surface area contributed by atoms with Gasteiger partial charge in [0.15, 0.2) is 0 Å². The highest BCUT2D eigenvalue weighted by molar-refractivity contribution is 14.1. The number of hydrogen-bond donors (Lipinski definition) is 2. The average molecular weight is 358 g/mol. The second-order valence-corrected chi connectivity index (χ2v) is 6.83. The zero-order chi connectivity index (χ0) is 12.3. The second-order valence-electron chi connectivity index (χ2n) is 3.41. The first-order chi connectivity index (χ1) is 7.29. The fraction of sp³-hybridized carbons (Fsp3) is 0.333. The second kappa shape index (κ2) is 5.17. The van der Waals surface area contributed by atoms with Gasteiger partial charge in [0.2, 0.25) is 0 Å². The number of nitrogens with one attached hydrogen (secondary N) is 1. The zero-order valence-corrected chi connectivity index (χ0v) is 11.6. The van der Waals surface area contributed by atoms with Gasteiger partial charge in [-0.3, -0.25) is 0 Å². The molecule has 0 bridgehead atoms. The van der Waals surface area contributed by atoms with Crippen LogP contribution in [0, 0.1) is 9.39 Å². The smallest absolute Gasteiger partial charge is 0.149 e. The Morgan fingerprint density at radius 3 is 2.69 bits per heavy atom. The normalized spacial score (nSPS) is 11.4. The van der Waals surface area contributed by atoms with E-state index in [1.54, 1.807) is 0 Å². The number of halogens is 2. The third-order valence-electron chi connectivity index (χ3n) is 1.88. The highest BCUT2D eigenvalue weighted by Crippen LogP contribution is 2.23. The van der Waals surface area contributed by atoms with E-state index in [1.165, 1.54) is 12.1 Å². The van der Waals surface area contributed by atoms with Gasteiger partial charge in [-0.15, -0.1) is 0 Å². The summed E-state index contributed by atoms with van der Waals surface area (Å²) in [6.07, 6.45) is 1.15. The SMILES string of the molecule is CS(=O)(=O)CCNc1cc(F)c(I)cc1N. The molecule has 7 heteroatoms. The number of nitrogen functional groups attached to an aromatic ring is 1. The van der Waals surface area contributed by atoms with Crippen molar-refractivity contribution < 1.29 is 12.8 Å². The lowest BCUT2D eigenvalue weighted by Crippen LogP contribution is -2.15.